The lowest BCUT2D eigenvalue weighted by molar-refractivity contribution is 0.0866. The molecule has 6 heteroatoms. The van der Waals surface area contributed by atoms with Crippen molar-refractivity contribution in [3.05, 3.63) is 95.1 Å². The molecular weight excluding hydrogens is 448 g/mol. The van der Waals surface area contributed by atoms with E-state index in [1.54, 1.807) is 11.0 Å². The van der Waals surface area contributed by atoms with Crippen LogP contribution in [0.4, 0.5) is 13.6 Å². The zero-order valence-corrected chi connectivity index (χ0v) is 19.3. The molecule has 0 radical (unpaired) electrons. The SMILES string of the molecule is COc1ccc(C2=CC3CCC(C2)N3C(=O)OCC2c3ccccc3-c3ccccc32)c(F)c1F. The number of hydrogen-bond donors (Lipinski definition) is 0. The van der Waals surface area contributed by atoms with Crippen LogP contribution in [0.1, 0.15) is 41.9 Å². The number of amides is 1. The highest BCUT2D eigenvalue weighted by molar-refractivity contribution is 5.79. The maximum absolute atomic E-state index is 14.7. The molecule has 4 nitrogen and oxygen atoms in total. The highest BCUT2D eigenvalue weighted by atomic mass is 19.2. The number of hydrogen-bond acceptors (Lipinski definition) is 3. The Morgan fingerprint density at radius 2 is 1.60 bits per heavy atom. The van der Waals surface area contributed by atoms with Crippen molar-refractivity contribution in [3.8, 4) is 16.9 Å². The van der Waals surface area contributed by atoms with E-state index in [0.29, 0.717) is 6.42 Å². The average molecular weight is 474 g/mol. The van der Waals surface area contributed by atoms with E-state index in [1.165, 1.54) is 35.4 Å². The highest BCUT2D eigenvalue weighted by Crippen LogP contribution is 2.45. The van der Waals surface area contributed by atoms with Crippen LogP contribution in [0.5, 0.6) is 5.75 Å². The third-order valence-electron chi connectivity index (χ3n) is 7.56. The van der Waals surface area contributed by atoms with Crippen LogP contribution in [0.3, 0.4) is 0 Å². The molecule has 1 saturated heterocycles. The number of ether oxygens (including phenoxy) is 2. The van der Waals surface area contributed by atoms with Crippen molar-refractivity contribution in [2.45, 2.75) is 37.3 Å². The first-order chi connectivity index (χ1) is 17.1. The Labute approximate surface area is 202 Å². The molecule has 35 heavy (non-hydrogen) atoms. The minimum Gasteiger partial charge on any atom is -0.494 e. The summed E-state index contributed by atoms with van der Waals surface area (Å²) in [6.45, 7) is 0.262. The van der Waals surface area contributed by atoms with Crippen LogP contribution in [0.15, 0.2) is 66.7 Å². The van der Waals surface area contributed by atoms with E-state index in [1.807, 2.05) is 30.3 Å². The van der Waals surface area contributed by atoms with Gasteiger partial charge in [-0.15, -0.1) is 0 Å². The standard InChI is InChI=1S/C29H25F2NO3/c1-34-26-13-12-20(27(30)28(26)31)17-14-18-10-11-19(15-17)32(18)29(33)35-16-25-23-8-4-2-6-21(23)22-7-3-5-9-24(22)25/h2-9,12-14,18-19,25H,10-11,15-16H2,1H3. The zero-order valence-electron chi connectivity index (χ0n) is 19.3. The monoisotopic (exact) mass is 473 g/mol. The number of benzene rings is 3. The van der Waals surface area contributed by atoms with Gasteiger partial charge in [0.1, 0.15) is 6.61 Å². The number of halogens is 2. The van der Waals surface area contributed by atoms with Gasteiger partial charge in [0.15, 0.2) is 11.6 Å². The molecule has 2 atom stereocenters. The summed E-state index contributed by atoms with van der Waals surface area (Å²) >= 11 is 0. The highest BCUT2D eigenvalue weighted by Gasteiger charge is 2.42. The van der Waals surface area contributed by atoms with Gasteiger partial charge in [0.05, 0.1) is 13.2 Å². The molecule has 6 rings (SSSR count). The predicted octanol–water partition coefficient (Wildman–Crippen LogP) is 6.54. The third-order valence-corrected chi connectivity index (χ3v) is 7.56. The minimum atomic E-state index is -0.989. The summed E-state index contributed by atoms with van der Waals surface area (Å²) in [5.41, 5.74) is 5.66. The number of rotatable bonds is 4. The number of carbonyl (C=O) groups is 1. The second kappa shape index (κ2) is 8.52. The Balaban J connectivity index is 1.21. The maximum atomic E-state index is 14.7. The first kappa shape index (κ1) is 21.8. The van der Waals surface area contributed by atoms with Crippen LogP contribution in [0.25, 0.3) is 16.7 Å². The van der Waals surface area contributed by atoms with Crippen molar-refractivity contribution >= 4 is 11.7 Å². The lowest BCUT2D eigenvalue weighted by Gasteiger charge is -2.33. The first-order valence-corrected chi connectivity index (χ1v) is 11.9. The molecule has 3 aliphatic rings. The Bertz CT molecular complexity index is 1310. The second-order valence-electron chi connectivity index (χ2n) is 9.35. The fourth-order valence-corrected chi connectivity index (χ4v) is 5.92. The van der Waals surface area contributed by atoms with Crippen molar-refractivity contribution in [1.29, 1.82) is 0 Å². The van der Waals surface area contributed by atoms with Crippen molar-refractivity contribution in [2.75, 3.05) is 13.7 Å². The van der Waals surface area contributed by atoms with Crippen LogP contribution >= 0.6 is 0 Å². The van der Waals surface area contributed by atoms with Gasteiger partial charge < -0.3 is 9.47 Å². The molecule has 2 aliphatic heterocycles. The molecule has 2 unspecified atom stereocenters. The summed E-state index contributed by atoms with van der Waals surface area (Å²) in [5.74, 6) is -2.02. The van der Waals surface area contributed by atoms with E-state index in [0.717, 1.165) is 18.4 Å². The average Bonchev–Trinajstić information content (AvgIpc) is 3.35. The normalized spacial score (nSPS) is 20.3. The molecule has 178 valence electrons. The molecule has 0 aromatic heterocycles. The Morgan fingerprint density at radius 1 is 0.914 bits per heavy atom. The molecular formula is C29H25F2NO3. The zero-order chi connectivity index (χ0) is 24.1. The van der Waals surface area contributed by atoms with Gasteiger partial charge in [-0.25, -0.2) is 9.18 Å². The van der Waals surface area contributed by atoms with E-state index in [9.17, 15) is 13.6 Å². The second-order valence-corrected chi connectivity index (χ2v) is 9.35. The molecule has 0 N–H and O–H groups in total. The fraction of sp³-hybridized carbons (Fsp3) is 0.276. The summed E-state index contributed by atoms with van der Waals surface area (Å²) in [6, 6.07) is 19.2. The molecule has 2 bridgehead atoms. The van der Waals surface area contributed by atoms with Gasteiger partial charge in [-0.2, -0.15) is 4.39 Å². The van der Waals surface area contributed by atoms with Crippen molar-refractivity contribution < 1.29 is 23.0 Å². The summed E-state index contributed by atoms with van der Waals surface area (Å²) < 4.78 is 39.7. The van der Waals surface area contributed by atoms with Gasteiger partial charge in [-0.1, -0.05) is 54.6 Å². The van der Waals surface area contributed by atoms with Crippen molar-refractivity contribution in [2.24, 2.45) is 0 Å². The lowest BCUT2D eigenvalue weighted by atomic mass is 9.94. The summed E-state index contributed by atoms with van der Waals surface area (Å²) in [6.07, 6.45) is 3.57. The number of methoxy groups -OCH3 is 1. The Morgan fingerprint density at radius 3 is 2.26 bits per heavy atom. The van der Waals surface area contributed by atoms with E-state index >= 15 is 0 Å². The molecule has 1 amide bonds. The molecule has 1 fully saturated rings. The maximum Gasteiger partial charge on any atom is 0.410 e. The minimum absolute atomic E-state index is 0.00346. The first-order valence-electron chi connectivity index (χ1n) is 11.9. The van der Waals surface area contributed by atoms with Gasteiger partial charge >= 0.3 is 6.09 Å². The van der Waals surface area contributed by atoms with E-state index in [4.69, 9.17) is 9.47 Å². The molecule has 3 aromatic rings. The molecule has 3 aromatic carbocycles. The van der Waals surface area contributed by atoms with Crippen LogP contribution in [0.2, 0.25) is 0 Å². The topological polar surface area (TPSA) is 38.8 Å². The van der Waals surface area contributed by atoms with Gasteiger partial charge in [0.2, 0.25) is 5.82 Å². The van der Waals surface area contributed by atoms with E-state index in [-0.39, 0.29) is 42.0 Å². The Hall–Kier alpha value is -3.67. The van der Waals surface area contributed by atoms with Gasteiger partial charge in [-0.3, -0.25) is 4.90 Å². The van der Waals surface area contributed by atoms with E-state index in [2.05, 4.69) is 24.3 Å². The Kier molecular flexibility index (Phi) is 5.32. The summed E-state index contributed by atoms with van der Waals surface area (Å²) in [4.78, 5) is 15.0. The van der Waals surface area contributed by atoms with Gasteiger partial charge in [0.25, 0.3) is 0 Å². The fourth-order valence-electron chi connectivity index (χ4n) is 5.92. The summed E-state index contributed by atoms with van der Waals surface area (Å²) in [5, 5.41) is 0. The van der Waals surface area contributed by atoms with Crippen LogP contribution in [-0.4, -0.2) is 36.8 Å². The van der Waals surface area contributed by atoms with Crippen LogP contribution < -0.4 is 4.74 Å². The van der Waals surface area contributed by atoms with Gasteiger partial charge in [0, 0.05) is 17.5 Å². The quantitative estimate of drug-likeness (QED) is 0.432. The molecule has 0 spiro atoms. The van der Waals surface area contributed by atoms with Crippen LogP contribution in [-0.2, 0) is 4.74 Å². The van der Waals surface area contributed by atoms with E-state index < -0.39 is 11.6 Å². The number of carbonyl (C=O) groups excluding carboxylic acids is 1. The van der Waals surface area contributed by atoms with Crippen LogP contribution in [0, 0.1) is 11.6 Å². The van der Waals surface area contributed by atoms with Crippen molar-refractivity contribution in [3.63, 3.8) is 0 Å². The number of fused-ring (bicyclic) bond motifs is 5. The smallest absolute Gasteiger partial charge is 0.410 e. The largest absolute Gasteiger partial charge is 0.494 e. The molecule has 1 aliphatic carbocycles. The third kappa shape index (κ3) is 3.51. The molecule has 0 saturated carbocycles. The number of nitrogens with zero attached hydrogens (tertiary/aromatic N) is 1. The lowest BCUT2D eigenvalue weighted by Crippen LogP contribution is -2.43. The van der Waals surface area contributed by atoms with Crippen molar-refractivity contribution in [1.82, 2.24) is 4.90 Å². The predicted molar refractivity (Wildman–Crippen MR) is 129 cm³/mol. The summed E-state index contributed by atoms with van der Waals surface area (Å²) in [7, 11) is 1.31. The molecule has 2 heterocycles. The van der Waals surface area contributed by atoms with Gasteiger partial charge in [-0.05, 0) is 59.2 Å².